The standard InChI is InChI=1S/C15H17ClNO3P/c1-11-4-5-12(16)10-15(11)17-21(3,18)20-14-8-6-13(19-2)7-9-14/h4-10H,1-3H3,(H,17,18). The first-order valence-electron chi connectivity index (χ1n) is 6.35. The molecule has 0 aromatic heterocycles. The van der Waals surface area contributed by atoms with Crippen molar-refractivity contribution < 1.29 is 13.8 Å². The molecule has 0 heterocycles. The maximum Gasteiger partial charge on any atom is 0.338 e. The molecule has 0 radical (unpaired) electrons. The van der Waals surface area contributed by atoms with Gasteiger partial charge in [0.15, 0.2) is 0 Å². The van der Waals surface area contributed by atoms with Gasteiger partial charge in [-0.3, -0.25) is 4.57 Å². The van der Waals surface area contributed by atoms with Crippen molar-refractivity contribution in [2.24, 2.45) is 0 Å². The van der Waals surface area contributed by atoms with Gasteiger partial charge in [0.25, 0.3) is 0 Å². The van der Waals surface area contributed by atoms with E-state index in [1.165, 1.54) is 6.66 Å². The van der Waals surface area contributed by atoms with E-state index in [2.05, 4.69) is 5.09 Å². The van der Waals surface area contributed by atoms with Crippen LogP contribution in [0.2, 0.25) is 5.02 Å². The number of benzene rings is 2. The lowest BCUT2D eigenvalue weighted by molar-refractivity contribution is 0.413. The molecule has 2 rings (SSSR count). The Kier molecular flexibility index (Phi) is 4.81. The Morgan fingerprint density at radius 2 is 1.71 bits per heavy atom. The van der Waals surface area contributed by atoms with E-state index in [4.69, 9.17) is 20.9 Å². The SMILES string of the molecule is COc1ccc(OP(C)(=O)Nc2cc(Cl)ccc2C)cc1. The summed E-state index contributed by atoms with van der Waals surface area (Å²) in [5, 5.41) is 3.50. The van der Waals surface area contributed by atoms with Crippen LogP contribution in [0.5, 0.6) is 11.5 Å². The summed E-state index contributed by atoms with van der Waals surface area (Å²) in [7, 11) is -1.47. The Balaban J connectivity index is 2.14. The van der Waals surface area contributed by atoms with Crippen molar-refractivity contribution in [2.75, 3.05) is 18.9 Å². The highest BCUT2D eigenvalue weighted by Gasteiger charge is 2.18. The van der Waals surface area contributed by atoms with Gasteiger partial charge in [-0.25, -0.2) is 0 Å². The average Bonchev–Trinajstić information content (AvgIpc) is 2.43. The molecule has 1 atom stereocenters. The highest BCUT2D eigenvalue weighted by molar-refractivity contribution is 7.60. The number of aryl methyl sites for hydroxylation is 1. The third kappa shape index (κ3) is 4.42. The third-order valence-corrected chi connectivity index (χ3v) is 4.30. The van der Waals surface area contributed by atoms with E-state index in [0.717, 1.165) is 5.56 Å². The Hall–Kier alpha value is -1.64. The molecular formula is C15H17ClNO3P. The number of hydrogen-bond donors (Lipinski definition) is 1. The molecule has 0 saturated heterocycles. The minimum atomic E-state index is -3.06. The molecule has 0 saturated carbocycles. The van der Waals surface area contributed by atoms with Crippen molar-refractivity contribution in [2.45, 2.75) is 6.92 Å². The van der Waals surface area contributed by atoms with Crippen LogP contribution >= 0.6 is 19.1 Å². The zero-order chi connectivity index (χ0) is 15.5. The van der Waals surface area contributed by atoms with Gasteiger partial charge in [0.2, 0.25) is 0 Å². The van der Waals surface area contributed by atoms with E-state index in [1.807, 2.05) is 13.0 Å². The Morgan fingerprint density at radius 1 is 1.10 bits per heavy atom. The summed E-state index contributed by atoms with van der Waals surface area (Å²) >= 11 is 5.95. The van der Waals surface area contributed by atoms with Crippen molar-refractivity contribution in [1.29, 1.82) is 0 Å². The summed E-state index contributed by atoms with van der Waals surface area (Å²) in [6, 6.07) is 12.3. The molecule has 0 bridgehead atoms. The van der Waals surface area contributed by atoms with Crippen molar-refractivity contribution in [3.63, 3.8) is 0 Å². The Morgan fingerprint density at radius 3 is 2.33 bits per heavy atom. The molecule has 112 valence electrons. The predicted molar refractivity (Wildman–Crippen MR) is 87.0 cm³/mol. The normalized spacial score (nSPS) is 13.3. The van der Waals surface area contributed by atoms with Gasteiger partial charge in [-0.15, -0.1) is 0 Å². The zero-order valence-electron chi connectivity index (χ0n) is 12.1. The molecule has 6 heteroatoms. The van der Waals surface area contributed by atoms with Crippen LogP contribution in [0.25, 0.3) is 0 Å². The highest BCUT2D eigenvalue weighted by Crippen LogP contribution is 2.44. The number of methoxy groups -OCH3 is 1. The van der Waals surface area contributed by atoms with E-state index in [-0.39, 0.29) is 0 Å². The van der Waals surface area contributed by atoms with E-state index in [1.54, 1.807) is 43.5 Å². The van der Waals surface area contributed by atoms with Crippen LogP contribution in [0, 0.1) is 6.92 Å². The molecule has 0 fully saturated rings. The van der Waals surface area contributed by atoms with Crippen molar-refractivity contribution >= 4 is 24.8 Å². The molecule has 0 spiro atoms. The lowest BCUT2D eigenvalue weighted by Gasteiger charge is -2.19. The number of nitrogens with one attached hydrogen (secondary N) is 1. The highest BCUT2D eigenvalue weighted by atomic mass is 35.5. The fourth-order valence-corrected chi connectivity index (χ4v) is 3.21. The molecule has 0 aliphatic carbocycles. The minimum absolute atomic E-state index is 0.508. The largest absolute Gasteiger partial charge is 0.497 e. The Bertz CT molecular complexity index is 673. The number of rotatable bonds is 5. The van der Waals surface area contributed by atoms with E-state index >= 15 is 0 Å². The van der Waals surface area contributed by atoms with Crippen molar-refractivity contribution in [3.8, 4) is 11.5 Å². The average molecular weight is 326 g/mol. The van der Waals surface area contributed by atoms with Crippen LogP contribution in [-0.4, -0.2) is 13.8 Å². The number of anilines is 1. The van der Waals surface area contributed by atoms with Gasteiger partial charge in [0.1, 0.15) is 11.5 Å². The summed E-state index contributed by atoms with van der Waals surface area (Å²) < 4.78 is 23.2. The topological polar surface area (TPSA) is 47.6 Å². The molecule has 0 aliphatic rings. The van der Waals surface area contributed by atoms with Gasteiger partial charge in [-0.05, 0) is 48.9 Å². The third-order valence-electron chi connectivity index (χ3n) is 2.86. The summed E-state index contributed by atoms with van der Waals surface area (Å²) in [6.45, 7) is 3.43. The predicted octanol–water partition coefficient (Wildman–Crippen LogP) is 4.97. The fourth-order valence-electron chi connectivity index (χ4n) is 1.79. The van der Waals surface area contributed by atoms with Gasteiger partial charge in [-0.2, -0.15) is 0 Å². The van der Waals surface area contributed by atoms with Crippen LogP contribution in [-0.2, 0) is 4.57 Å². The van der Waals surface area contributed by atoms with Gasteiger partial charge >= 0.3 is 7.52 Å². The summed E-state index contributed by atoms with van der Waals surface area (Å²) in [6.07, 6.45) is 0. The molecule has 21 heavy (non-hydrogen) atoms. The van der Waals surface area contributed by atoms with E-state index < -0.39 is 7.52 Å². The lowest BCUT2D eigenvalue weighted by atomic mass is 10.2. The summed E-state index contributed by atoms with van der Waals surface area (Å²) in [5.41, 5.74) is 1.64. The number of ether oxygens (including phenoxy) is 1. The quantitative estimate of drug-likeness (QED) is 0.788. The van der Waals surface area contributed by atoms with E-state index in [9.17, 15) is 4.57 Å². The van der Waals surface area contributed by atoms with Gasteiger partial charge in [0, 0.05) is 17.4 Å². The van der Waals surface area contributed by atoms with Crippen LogP contribution in [0.4, 0.5) is 5.69 Å². The van der Waals surface area contributed by atoms with Gasteiger partial charge in [-0.1, -0.05) is 17.7 Å². The molecule has 4 nitrogen and oxygen atoms in total. The van der Waals surface area contributed by atoms with Crippen LogP contribution < -0.4 is 14.3 Å². The number of halogens is 1. The van der Waals surface area contributed by atoms with Gasteiger partial charge < -0.3 is 14.3 Å². The monoisotopic (exact) mass is 325 g/mol. The summed E-state index contributed by atoms with van der Waals surface area (Å²) in [4.78, 5) is 0. The van der Waals surface area contributed by atoms with Crippen LogP contribution in [0.1, 0.15) is 5.56 Å². The van der Waals surface area contributed by atoms with Crippen molar-refractivity contribution in [3.05, 3.63) is 53.1 Å². The minimum Gasteiger partial charge on any atom is -0.497 e. The summed E-state index contributed by atoms with van der Waals surface area (Å²) in [5.74, 6) is 1.22. The second kappa shape index (κ2) is 6.42. The fraction of sp³-hybridized carbons (Fsp3) is 0.200. The first kappa shape index (κ1) is 15.7. The zero-order valence-corrected chi connectivity index (χ0v) is 13.7. The molecule has 2 aromatic rings. The second-order valence-corrected chi connectivity index (χ2v) is 7.22. The first-order chi connectivity index (χ1) is 9.89. The second-order valence-electron chi connectivity index (χ2n) is 4.68. The molecule has 1 N–H and O–H groups in total. The first-order valence-corrected chi connectivity index (χ1v) is 8.80. The molecular weight excluding hydrogens is 309 g/mol. The molecule has 0 amide bonds. The van der Waals surface area contributed by atoms with E-state index in [0.29, 0.717) is 22.2 Å². The maximum absolute atomic E-state index is 12.6. The van der Waals surface area contributed by atoms with Crippen molar-refractivity contribution in [1.82, 2.24) is 0 Å². The van der Waals surface area contributed by atoms with Gasteiger partial charge in [0.05, 0.1) is 7.11 Å². The number of hydrogen-bond acceptors (Lipinski definition) is 3. The molecule has 0 aliphatic heterocycles. The molecule has 2 aromatic carbocycles. The smallest absolute Gasteiger partial charge is 0.338 e. The molecule has 1 unspecified atom stereocenters. The Labute approximate surface area is 129 Å². The van der Waals surface area contributed by atoms with Crippen LogP contribution in [0.15, 0.2) is 42.5 Å². The lowest BCUT2D eigenvalue weighted by Crippen LogP contribution is -2.03. The van der Waals surface area contributed by atoms with Crippen LogP contribution in [0.3, 0.4) is 0 Å². The maximum atomic E-state index is 12.6.